The summed E-state index contributed by atoms with van der Waals surface area (Å²) in [5, 5.41) is 3.80. The molecule has 8 nitrogen and oxygen atoms in total. The van der Waals surface area contributed by atoms with E-state index in [2.05, 4.69) is 15.3 Å². The van der Waals surface area contributed by atoms with Gasteiger partial charge in [-0.15, -0.1) is 0 Å². The molecule has 3 aliphatic heterocycles. The number of anilines is 1. The van der Waals surface area contributed by atoms with Crippen LogP contribution < -0.4 is 5.32 Å². The molecule has 184 valence electrons. The van der Waals surface area contributed by atoms with Gasteiger partial charge in [0.1, 0.15) is 6.54 Å². The van der Waals surface area contributed by atoms with Crippen LogP contribution in [-0.4, -0.2) is 70.0 Å². The largest absolute Gasteiger partial charge is 0.381 e. The van der Waals surface area contributed by atoms with Crippen molar-refractivity contribution in [3.63, 3.8) is 0 Å². The average Bonchev–Trinajstić information content (AvgIpc) is 3.56. The summed E-state index contributed by atoms with van der Waals surface area (Å²) in [5.41, 5.74) is 2.90. The first kappa shape index (κ1) is 22.7. The summed E-state index contributed by atoms with van der Waals surface area (Å²) in [7, 11) is 0. The molecule has 4 heterocycles. The molecule has 4 aliphatic rings. The van der Waals surface area contributed by atoms with Crippen LogP contribution in [-0.2, 0) is 16.1 Å². The normalized spacial score (nSPS) is 24.1. The van der Waals surface area contributed by atoms with Crippen LogP contribution in [0, 0.1) is 5.92 Å². The van der Waals surface area contributed by atoms with Crippen molar-refractivity contribution in [3.05, 3.63) is 40.5 Å². The first-order valence-electron chi connectivity index (χ1n) is 12.7. The van der Waals surface area contributed by atoms with Gasteiger partial charge in [-0.25, -0.2) is 9.97 Å². The Morgan fingerprint density at radius 1 is 1.17 bits per heavy atom. The highest BCUT2D eigenvalue weighted by molar-refractivity contribution is 6.33. The van der Waals surface area contributed by atoms with Crippen LogP contribution in [0.4, 0.5) is 5.95 Å². The smallest absolute Gasteiger partial charge is 0.254 e. The van der Waals surface area contributed by atoms with Gasteiger partial charge in [-0.3, -0.25) is 9.59 Å². The summed E-state index contributed by atoms with van der Waals surface area (Å²) in [6.07, 6.45) is 8.02. The van der Waals surface area contributed by atoms with E-state index in [-0.39, 0.29) is 24.4 Å². The second kappa shape index (κ2) is 9.39. The molecule has 0 bridgehead atoms. The van der Waals surface area contributed by atoms with Gasteiger partial charge in [-0.05, 0) is 49.7 Å². The quantitative estimate of drug-likeness (QED) is 0.679. The van der Waals surface area contributed by atoms with Crippen molar-refractivity contribution in [1.29, 1.82) is 0 Å². The lowest BCUT2D eigenvalue weighted by atomic mass is 10.0. The zero-order valence-electron chi connectivity index (χ0n) is 19.7. The third kappa shape index (κ3) is 4.38. The van der Waals surface area contributed by atoms with Crippen LogP contribution in [0.5, 0.6) is 0 Å². The molecule has 6 rings (SSSR count). The second-order valence-electron chi connectivity index (χ2n) is 10.1. The van der Waals surface area contributed by atoms with E-state index < -0.39 is 0 Å². The predicted molar refractivity (Wildman–Crippen MR) is 132 cm³/mol. The summed E-state index contributed by atoms with van der Waals surface area (Å²) >= 11 is 6.46. The second-order valence-corrected chi connectivity index (χ2v) is 10.5. The van der Waals surface area contributed by atoms with E-state index in [4.69, 9.17) is 16.3 Å². The molecule has 1 aromatic heterocycles. The Bertz CT molecular complexity index is 1150. The van der Waals surface area contributed by atoms with E-state index in [0.29, 0.717) is 40.7 Å². The van der Waals surface area contributed by atoms with Gasteiger partial charge in [0.05, 0.1) is 16.9 Å². The summed E-state index contributed by atoms with van der Waals surface area (Å²) in [6, 6.07) is 6.36. The number of nitrogens with zero attached hydrogens (tertiary/aromatic N) is 4. The van der Waals surface area contributed by atoms with Crippen LogP contribution in [0.1, 0.15) is 54.4 Å². The topological polar surface area (TPSA) is 87.7 Å². The van der Waals surface area contributed by atoms with E-state index in [1.165, 1.54) is 12.8 Å². The predicted octanol–water partition coefficient (Wildman–Crippen LogP) is 3.74. The molecule has 2 atom stereocenters. The number of halogens is 1. The monoisotopic (exact) mass is 495 g/mol. The molecular weight excluding hydrogens is 466 g/mol. The number of amides is 2. The van der Waals surface area contributed by atoms with Crippen molar-refractivity contribution >= 4 is 29.4 Å². The van der Waals surface area contributed by atoms with Gasteiger partial charge >= 0.3 is 0 Å². The molecule has 0 spiro atoms. The van der Waals surface area contributed by atoms with Gasteiger partial charge < -0.3 is 19.9 Å². The lowest BCUT2D eigenvalue weighted by Crippen LogP contribution is -2.43. The molecule has 3 fully saturated rings. The molecule has 1 aliphatic carbocycles. The lowest BCUT2D eigenvalue weighted by molar-refractivity contribution is -0.132. The molecule has 2 amide bonds. The van der Waals surface area contributed by atoms with Crippen LogP contribution in [0.25, 0.3) is 11.3 Å². The minimum Gasteiger partial charge on any atom is -0.381 e. The molecule has 1 aromatic carbocycles. The first-order chi connectivity index (χ1) is 17.1. The molecule has 2 saturated heterocycles. The minimum absolute atomic E-state index is 0.0726. The highest BCUT2D eigenvalue weighted by Crippen LogP contribution is 2.38. The number of fused-ring (bicyclic) bond motifs is 2. The molecule has 9 heteroatoms. The molecule has 0 radical (unpaired) electrons. The van der Waals surface area contributed by atoms with Crippen molar-refractivity contribution in [2.75, 3.05) is 31.6 Å². The Labute approximate surface area is 210 Å². The number of aromatic nitrogens is 2. The number of carbonyl (C=O) groups is 2. The molecule has 1 N–H and O–H groups in total. The molecule has 2 aromatic rings. The fraction of sp³-hybridized carbons (Fsp3) is 0.538. The zero-order valence-corrected chi connectivity index (χ0v) is 20.5. The number of hydrogen-bond acceptors (Lipinski definition) is 6. The number of likely N-dealkylation sites (tertiary alicyclic amines) is 1. The Kier molecular flexibility index (Phi) is 6.10. The van der Waals surface area contributed by atoms with Gasteiger partial charge in [0, 0.05) is 49.5 Å². The number of rotatable bonds is 5. The van der Waals surface area contributed by atoms with Crippen LogP contribution in [0.15, 0.2) is 24.4 Å². The fourth-order valence-electron chi connectivity index (χ4n) is 6.10. The lowest BCUT2D eigenvalue weighted by Gasteiger charge is -2.26. The van der Waals surface area contributed by atoms with E-state index >= 15 is 0 Å². The van der Waals surface area contributed by atoms with E-state index in [9.17, 15) is 9.59 Å². The molecule has 35 heavy (non-hydrogen) atoms. The Hall–Kier alpha value is -2.71. The summed E-state index contributed by atoms with van der Waals surface area (Å²) in [6.45, 7) is 2.87. The van der Waals surface area contributed by atoms with Crippen molar-refractivity contribution in [2.45, 2.75) is 57.2 Å². The van der Waals surface area contributed by atoms with Crippen molar-refractivity contribution < 1.29 is 14.3 Å². The minimum atomic E-state index is -0.108. The van der Waals surface area contributed by atoms with Crippen LogP contribution in [0.2, 0.25) is 5.02 Å². The summed E-state index contributed by atoms with van der Waals surface area (Å²) < 4.78 is 5.42. The van der Waals surface area contributed by atoms with E-state index in [1.807, 2.05) is 23.1 Å². The number of benzene rings is 1. The average molecular weight is 496 g/mol. The summed E-state index contributed by atoms with van der Waals surface area (Å²) in [5.74, 6) is 1.13. The van der Waals surface area contributed by atoms with Gasteiger partial charge in [0.2, 0.25) is 11.9 Å². The maximum Gasteiger partial charge on any atom is 0.254 e. The van der Waals surface area contributed by atoms with E-state index in [1.54, 1.807) is 11.1 Å². The highest BCUT2D eigenvalue weighted by atomic mass is 35.5. The Balaban J connectivity index is 1.17. The van der Waals surface area contributed by atoms with Gasteiger partial charge in [0.25, 0.3) is 5.91 Å². The van der Waals surface area contributed by atoms with Gasteiger partial charge in [-0.2, -0.15) is 0 Å². The maximum absolute atomic E-state index is 13.2. The number of carbonyl (C=O) groups excluding carboxylic acids is 2. The van der Waals surface area contributed by atoms with Crippen molar-refractivity contribution in [3.8, 4) is 11.3 Å². The molecule has 2 unspecified atom stereocenters. The van der Waals surface area contributed by atoms with Crippen molar-refractivity contribution in [2.24, 2.45) is 5.92 Å². The van der Waals surface area contributed by atoms with E-state index in [0.717, 1.165) is 56.6 Å². The SMILES string of the molecule is O=C1c2cc(-c3nc(NC4CCOCC4)ncc3Cl)ccc2CN1CC(=O)N1CCC2CCCC21. The maximum atomic E-state index is 13.2. The Morgan fingerprint density at radius 2 is 2.03 bits per heavy atom. The van der Waals surface area contributed by atoms with Crippen LogP contribution in [0.3, 0.4) is 0 Å². The standard InChI is InChI=1S/C26H30ClN5O3/c27-21-13-28-26(29-19-7-10-35-11-8-19)30-24(21)17-4-5-18-14-31(25(34)20(18)12-17)15-23(33)32-9-6-16-2-1-3-22(16)32/h4-5,12-13,16,19,22H,1-3,6-11,14-15H2,(H,28,29,30). The molecular formula is C26H30ClN5O3. The first-order valence-corrected chi connectivity index (χ1v) is 13.0. The summed E-state index contributed by atoms with van der Waals surface area (Å²) in [4.78, 5) is 39.0. The van der Waals surface area contributed by atoms with Crippen LogP contribution >= 0.6 is 11.6 Å². The van der Waals surface area contributed by atoms with Crippen molar-refractivity contribution in [1.82, 2.24) is 19.8 Å². The third-order valence-electron chi connectivity index (χ3n) is 7.97. The highest BCUT2D eigenvalue weighted by Gasteiger charge is 2.41. The number of hydrogen-bond donors (Lipinski definition) is 1. The number of nitrogens with one attached hydrogen (secondary N) is 1. The zero-order chi connectivity index (χ0) is 23.9. The Morgan fingerprint density at radius 3 is 2.89 bits per heavy atom. The number of ether oxygens (including phenoxy) is 1. The fourth-order valence-corrected chi connectivity index (χ4v) is 6.30. The molecule has 1 saturated carbocycles. The van der Waals surface area contributed by atoms with Gasteiger partial charge in [-0.1, -0.05) is 30.2 Å². The third-order valence-corrected chi connectivity index (χ3v) is 8.24. The van der Waals surface area contributed by atoms with Gasteiger partial charge in [0.15, 0.2) is 0 Å².